The molecule has 0 saturated carbocycles. The number of rotatable bonds is 23. The third kappa shape index (κ3) is 26.9. The maximum Gasteiger partial charge on any atom is 0.221 e. The molecule has 10 aromatic carbocycles. The number of unbranched alkanes of at least 4 members (excludes halogenated alkanes) is 5. The summed E-state index contributed by atoms with van der Waals surface area (Å²) >= 11 is 4.29. The molecular formula is C90H99NO15S. The van der Waals surface area contributed by atoms with Crippen molar-refractivity contribution in [2.24, 2.45) is 10.8 Å². The number of aryl methyl sites for hydroxylation is 5. The van der Waals surface area contributed by atoms with Crippen molar-refractivity contribution in [1.82, 2.24) is 0 Å². The first kappa shape index (κ1) is 84.5. The van der Waals surface area contributed by atoms with Gasteiger partial charge in [-0.3, -0.25) is 28.8 Å². The standard InChI is InChI=1S/C23H29NO3.C23H30O5.2C15H14O3.C14H12OS/c1-3-4-5-6-7-10-17-27-20-15-13-19(14-16-20)23(26)21-11-8-9-12-22(21)24-18(2)25;1-22(2,3)13-27-15-7-9-17(19(24)11-15)21(26)18-10-8-16(12-20(18)25)28-14-23(4,5)6;2*1-9-3-5-11(13(16)7-9)15(18)12-6-4-10(2)8-14(12)17;1-10-6-8-11(9-7-10)14(15)12-4-2-3-5-13(12)16/h8-9,11-16H,3-7,10,17H2,1-2H3,(H,24,25);7-12,24-25H,13-14H2,1-6H3;2*3-8,16-17H,1-2H3;2-9,16H,1H3. The number of phenols is 6. The van der Waals surface area contributed by atoms with Gasteiger partial charge < -0.3 is 50.2 Å². The highest BCUT2D eigenvalue weighted by Crippen LogP contribution is 2.34. The van der Waals surface area contributed by atoms with Gasteiger partial charge in [0.1, 0.15) is 51.7 Å². The summed E-state index contributed by atoms with van der Waals surface area (Å²) in [5.41, 5.74) is 8.50. The molecule has 0 saturated heterocycles. The van der Waals surface area contributed by atoms with Crippen LogP contribution in [0, 0.1) is 45.4 Å². The third-order valence-electron chi connectivity index (χ3n) is 16.2. The molecule has 0 radical (unpaired) electrons. The van der Waals surface area contributed by atoms with E-state index in [4.69, 9.17) is 14.2 Å². The van der Waals surface area contributed by atoms with Crippen LogP contribution in [0.2, 0.25) is 0 Å². The minimum Gasteiger partial charge on any atom is -0.507 e. The predicted molar refractivity (Wildman–Crippen MR) is 426 cm³/mol. The monoisotopic (exact) mass is 1470 g/mol. The van der Waals surface area contributed by atoms with Crippen LogP contribution in [0.15, 0.2) is 211 Å². The first-order valence-corrected chi connectivity index (χ1v) is 35.9. The Bertz CT molecular complexity index is 4410. The SMILES string of the molecule is CC(C)(C)COc1ccc(C(=O)c2ccc(OCC(C)(C)C)cc2O)c(O)c1.CCCCCCCCOc1ccc(C(=O)c2ccccc2NC(C)=O)cc1.Cc1ccc(C(=O)c2ccc(C)cc2O)c(O)c1.Cc1ccc(C(=O)c2ccc(C)cc2O)c(O)c1.Cc1ccc(C(=O)c2ccccc2S)cc1. The lowest BCUT2D eigenvalue weighted by Gasteiger charge is -2.19. The van der Waals surface area contributed by atoms with Gasteiger partial charge in [0.05, 0.1) is 58.9 Å². The highest BCUT2D eigenvalue weighted by Gasteiger charge is 2.23. The van der Waals surface area contributed by atoms with Gasteiger partial charge in [-0.25, -0.2) is 0 Å². The van der Waals surface area contributed by atoms with Crippen LogP contribution in [0.3, 0.4) is 0 Å². The normalized spacial score (nSPS) is 10.7. The number of ether oxygens (including phenoxy) is 3. The maximum absolute atomic E-state index is 12.8. The summed E-state index contributed by atoms with van der Waals surface area (Å²) in [6.07, 6.45) is 7.37. The number of thiol groups is 1. The number of aromatic hydroxyl groups is 6. The van der Waals surface area contributed by atoms with E-state index in [1.54, 1.807) is 103 Å². The largest absolute Gasteiger partial charge is 0.507 e. The number of carbonyl (C=O) groups excluding carboxylic acids is 6. The highest BCUT2D eigenvalue weighted by molar-refractivity contribution is 7.80. The van der Waals surface area contributed by atoms with Gasteiger partial charge in [0.15, 0.2) is 28.9 Å². The molecule has 0 aliphatic carbocycles. The summed E-state index contributed by atoms with van der Waals surface area (Å²) in [7, 11) is 0. The van der Waals surface area contributed by atoms with Crippen LogP contribution >= 0.6 is 12.6 Å². The van der Waals surface area contributed by atoms with Crippen molar-refractivity contribution in [2.45, 2.75) is 133 Å². The number of nitrogens with one attached hydrogen (secondary N) is 1. The molecule has 0 aliphatic rings. The first-order valence-electron chi connectivity index (χ1n) is 35.4. The van der Waals surface area contributed by atoms with Crippen LogP contribution in [-0.4, -0.2) is 85.3 Å². The summed E-state index contributed by atoms with van der Waals surface area (Å²) in [4.78, 5) is 74.1. The molecule has 0 aliphatic heterocycles. The molecule has 0 atom stereocenters. The van der Waals surface area contributed by atoms with Gasteiger partial charge in [0, 0.05) is 46.2 Å². The van der Waals surface area contributed by atoms with E-state index < -0.39 is 5.78 Å². The number of anilines is 1. The zero-order chi connectivity index (χ0) is 78.7. The van der Waals surface area contributed by atoms with Crippen molar-refractivity contribution in [2.75, 3.05) is 25.1 Å². The van der Waals surface area contributed by atoms with Gasteiger partial charge in [0.2, 0.25) is 5.91 Å². The van der Waals surface area contributed by atoms with Crippen molar-refractivity contribution >= 4 is 53.1 Å². The predicted octanol–water partition coefficient (Wildman–Crippen LogP) is 20.2. The Morgan fingerprint density at radius 1 is 0.346 bits per heavy atom. The molecule has 10 rings (SSSR count). The van der Waals surface area contributed by atoms with Crippen molar-refractivity contribution in [1.29, 1.82) is 0 Å². The number of phenolic OH excluding ortho intramolecular Hbond substituents is 6. The lowest BCUT2D eigenvalue weighted by molar-refractivity contribution is -0.114. The Balaban J connectivity index is 0.000000213. The number of ketones is 5. The van der Waals surface area contributed by atoms with Crippen molar-refractivity contribution in [3.05, 3.63) is 290 Å². The van der Waals surface area contributed by atoms with Crippen LogP contribution in [0.5, 0.6) is 51.7 Å². The fourth-order valence-electron chi connectivity index (χ4n) is 10.4. The zero-order valence-corrected chi connectivity index (χ0v) is 64.2. The maximum atomic E-state index is 12.8. The lowest BCUT2D eigenvalue weighted by atomic mass is 9.98. The number of hydrogen-bond donors (Lipinski definition) is 8. The van der Waals surface area contributed by atoms with Crippen LogP contribution in [-0.2, 0) is 4.79 Å². The molecular weight excluding hydrogens is 1370 g/mol. The van der Waals surface area contributed by atoms with E-state index in [1.807, 2.05) is 131 Å². The van der Waals surface area contributed by atoms with Gasteiger partial charge in [-0.15, -0.1) is 12.6 Å². The Hall–Kier alpha value is -11.4. The van der Waals surface area contributed by atoms with E-state index in [0.29, 0.717) is 64.2 Å². The summed E-state index contributed by atoms with van der Waals surface area (Å²) in [6, 6.07) is 57.6. The minimum atomic E-state index is -0.472. The zero-order valence-electron chi connectivity index (χ0n) is 63.3. The molecule has 0 heterocycles. The molecule has 0 bridgehead atoms. The fraction of sp³-hybridized carbons (Fsp3) is 0.267. The average Bonchev–Trinajstić information content (AvgIpc) is 0.827. The summed E-state index contributed by atoms with van der Waals surface area (Å²) in [5.74, 6) is -0.461. The molecule has 1 amide bonds. The minimum absolute atomic E-state index is 0.0191. The molecule has 560 valence electrons. The summed E-state index contributed by atoms with van der Waals surface area (Å²) in [6.45, 7) is 26.9. The number of hydrogen-bond acceptors (Lipinski definition) is 16. The Labute approximate surface area is 634 Å². The topological polar surface area (TPSA) is 264 Å². The number of benzene rings is 10. The van der Waals surface area contributed by atoms with E-state index in [0.717, 1.165) is 40.0 Å². The molecule has 107 heavy (non-hydrogen) atoms. The van der Waals surface area contributed by atoms with Gasteiger partial charge in [-0.1, -0.05) is 159 Å². The van der Waals surface area contributed by atoms with E-state index in [-0.39, 0.29) is 108 Å². The molecule has 0 unspecified atom stereocenters. The molecule has 16 nitrogen and oxygen atoms in total. The van der Waals surface area contributed by atoms with E-state index in [1.165, 1.54) is 87.6 Å². The molecule has 17 heteroatoms. The summed E-state index contributed by atoms with van der Waals surface area (Å²) in [5, 5.41) is 62.3. The Morgan fingerprint density at radius 2 is 0.664 bits per heavy atom. The second-order valence-corrected chi connectivity index (χ2v) is 29.0. The van der Waals surface area contributed by atoms with Gasteiger partial charge in [-0.2, -0.15) is 0 Å². The second-order valence-electron chi connectivity index (χ2n) is 28.5. The van der Waals surface area contributed by atoms with E-state index in [2.05, 4.69) is 24.9 Å². The Morgan fingerprint density at radius 3 is 1.03 bits per heavy atom. The number of amides is 1. The number of para-hydroxylation sites is 1. The highest BCUT2D eigenvalue weighted by atomic mass is 32.1. The third-order valence-corrected chi connectivity index (χ3v) is 16.6. The summed E-state index contributed by atoms with van der Waals surface area (Å²) < 4.78 is 17.1. The smallest absolute Gasteiger partial charge is 0.221 e. The van der Waals surface area contributed by atoms with E-state index in [9.17, 15) is 59.4 Å². The van der Waals surface area contributed by atoms with Crippen LogP contribution in [0.1, 0.15) is 201 Å². The van der Waals surface area contributed by atoms with Gasteiger partial charge >= 0.3 is 0 Å². The first-order chi connectivity index (χ1) is 50.6. The van der Waals surface area contributed by atoms with Crippen molar-refractivity contribution < 1.29 is 73.6 Å². The Kier molecular flexibility index (Phi) is 31.7. The van der Waals surface area contributed by atoms with Gasteiger partial charge in [0.25, 0.3) is 0 Å². The van der Waals surface area contributed by atoms with Crippen LogP contribution in [0.4, 0.5) is 5.69 Å². The quantitative estimate of drug-likeness (QED) is 0.0168. The second kappa shape index (κ2) is 40.2. The average molecular weight is 1470 g/mol. The van der Waals surface area contributed by atoms with Crippen LogP contribution < -0.4 is 19.5 Å². The van der Waals surface area contributed by atoms with Crippen LogP contribution in [0.25, 0.3) is 0 Å². The van der Waals surface area contributed by atoms with Gasteiger partial charge in [-0.05, 0) is 195 Å². The molecule has 0 aromatic heterocycles. The molecule has 10 aromatic rings. The van der Waals surface area contributed by atoms with Crippen molar-refractivity contribution in [3.8, 4) is 51.7 Å². The molecule has 0 spiro atoms. The fourth-order valence-corrected chi connectivity index (χ4v) is 10.7. The van der Waals surface area contributed by atoms with Crippen molar-refractivity contribution in [3.63, 3.8) is 0 Å². The lowest BCUT2D eigenvalue weighted by Crippen LogP contribution is -2.17. The molecule has 7 N–H and O–H groups in total. The molecule has 0 fully saturated rings. The number of carbonyl (C=O) groups is 6. The van der Waals surface area contributed by atoms with E-state index >= 15 is 0 Å².